The second-order valence-corrected chi connectivity index (χ2v) is 4.56. The Labute approximate surface area is 93.6 Å². The Hall–Kier alpha value is -0.550. The van der Waals surface area contributed by atoms with Gasteiger partial charge in [0.2, 0.25) is 0 Å². The highest BCUT2D eigenvalue weighted by atomic mass is 16.6. The van der Waals surface area contributed by atoms with Gasteiger partial charge in [-0.05, 0) is 25.7 Å². The summed E-state index contributed by atoms with van der Waals surface area (Å²) in [6.45, 7) is 3.17. The smallest absolute Gasteiger partial charge is 0.0810 e. The van der Waals surface area contributed by atoms with Crippen molar-refractivity contribution in [3.8, 4) is 6.07 Å². The van der Waals surface area contributed by atoms with Crippen LogP contribution in [0.1, 0.15) is 58.3 Å². The number of epoxide rings is 1. The van der Waals surface area contributed by atoms with Gasteiger partial charge in [-0.15, -0.1) is 0 Å². The van der Waals surface area contributed by atoms with E-state index in [0.717, 1.165) is 32.3 Å². The Kier molecular flexibility index (Phi) is 6.43. The summed E-state index contributed by atoms with van der Waals surface area (Å²) in [4.78, 5) is 0. The molecule has 0 amide bonds. The lowest BCUT2D eigenvalue weighted by atomic mass is 9.96. The van der Waals surface area contributed by atoms with E-state index in [0.29, 0.717) is 12.0 Å². The molecule has 2 nitrogen and oxygen atoms in total. The number of ether oxygens (including phenoxy) is 1. The van der Waals surface area contributed by atoms with Crippen LogP contribution in [0.5, 0.6) is 0 Å². The van der Waals surface area contributed by atoms with Crippen LogP contribution in [-0.4, -0.2) is 12.7 Å². The van der Waals surface area contributed by atoms with Gasteiger partial charge in [0.25, 0.3) is 0 Å². The molecule has 0 bridgehead atoms. The van der Waals surface area contributed by atoms with Crippen LogP contribution >= 0.6 is 0 Å². The first-order valence-corrected chi connectivity index (χ1v) is 6.38. The van der Waals surface area contributed by atoms with Crippen LogP contribution in [0.25, 0.3) is 0 Å². The van der Waals surface area contributed by atoms with Gasteiger partial charge >= 0.3 is 0 Å². The fraction of sp³-hybridized carbons (Fsp3) is 0.923. The summed E-state index contributed by atoms with van der Waals surface area (Å²) in [5, 5.41) is 8.98. The highest BCUT2D eigenvalue weighted by molar-refractivity contribution is 4.83. The molecule has 0 unspecified atom stereocenters. The molecule has 0 aromatic heterocycles. The van der Waals surface area contributed by atoms with Crippen LogP contribution in [0.15, 0.2) is 0 Å². The van der Waals surface area contributed by atoms with Crippen LogP contribution in [0.3, 0.4) is 0 Å². The normalized spacial score (nSPS) is 20.9. The molecule has 0 aromatic rings. The number of nitrogens with zero attached hydrogens (tertiary/aromatic N) is 1. The van der Waals surface area contributed by atoms with Crippen molar-refractivity contribution in [2.75, 3.05) is 6.61 Å². The lowest BCUT2D eigenvalue weighted by Gasteiger charge is -2.07. The van der Waals surface area contributed by atoms with E-state index in [4.69, 9.17) is 10.00 Å². The number of nitriles is 1. The maximum absolute atomic E-state index is 8.98. The first-order valence-electron chi connectivity index (χ1n) is 6.38. The molecule has 86 valence electrons. The van der Waals surface area contributed by atoms with Crippen molar-refractivity contribution < 1.29 is 4.74 Å². The lowest BCUT2D eigenvalue weighted by Crippen LogP contribution is -1.98. The molecule has 1 saturated heterocycles. The second kappa shape index (κ2) is 7.70. The maximum Gasteiger partial charge on any atom is 0.0810 e. The molecule has 1 aliphatic heterocycles. The minimum Gasteiger partial charge on any atom is -0.373 e. The van der Waals surface area contributed by atoms with Crippen molar-refractivity contribution in [2.45, 2.75) is 64.4 Å². The van der Waals surface area contributed by atoms with Crippen molar-refractivity contribution in [1.29, 1.82) is 5.26 Å². The van der Waals surface area contributed by atoms with Gasteiger partial charge in [-0.25, -0.2) is 0 Å². The van der Waals surface area contributed by atoms with Crippen LogP contribution in [0.2, 0.25) is 0 Å². The second-order valence-electron chi connectivity index (χ2n) is 4.56. The molecule has 1 heterocycles. The fourth-order valence-corrected chi connectivity index (χ4v) is 1.92. The van der Waals surface area contributed by atoms with Crippen molar-refractivity contribution in [3.63, 3.8) is 0 Å². The van der Waals surface area contributed by atoms with Crippen molar-refractivity contribution in [2.24, 2.45) is 5.92 Å². The van der Waals surface area contributed by atoms with Crippen molar-refractivity contribution in [1.82, 2.24) is 0 Å². The zero-order chi connectivity index (χ0) is 10.9. The number of unbranched alkanes of at least 4 members (excludes halogenated alkanes) is 3. The minimum atomic E-state index is 0.292. The van der Waals surface area contributed by atoms with E-state index >= 15 is 0 Å². The lowest BCUT2D eigenvalue weighted by molar-refractivity contribution is 0.380. The number of rotatable bonds is 9. The van der Waals surface area contributed by atoms with Gasteiger partial charge in [0, 0.05) is 5.92 Å². The Morgan fingerprint density at radius 2 is 2.00 bits per heavy atom. The third-order valence-corrected chi connectivity index (χ3v) is 3.07. The topological polar surface area (TPSA) is 36.3 Å². The molecule has 0 aliphatic carbocycles. The van der Waals surface area contributed by atoms with Crippen LogP contribution in [-0.2, 0) is 4.74 Å². The van der Waals surface area contributed by atoms with E-state index in [9.17, 15) is 0 Å². The molecule has 15 heavy (non-hydrogen) atoms. The molecule has 1 fully saturated rings. The molecular weight excluding hydrogens is 186 g/mol. The first kappa shape index (κ1) is 12.5. The zero-order valence-electron chi connectivity index (χ0n) is 9.87. The average molecular weight is 209 g/mol. The maximum atomic E-state index is 8.98. The molecule has 1 aliphatic rings. The predicted octanol–water partition coefficient (Wildman–Crippen LogP) is 3.67. The monoisotopic (exact) mass is 209 g/mol. The quantitative estimate of drug-likeness (QED) is 0.429. The summed E-state index contributed by atoms with van der Waals surface area (Å²) in [6, 6.07) is 2.43. The SMILES string of the molecule is CCCCCC[C@H](C#N)CCC[C@H]1CO1. The molecule has 2 heteroatoms. The summed E-state index contributed by atoms with van der Waals surface area (Å²) in [5.74, 6) is 0.292. The highest BCUT2D eigenvalue weighted by Gasteiger charge is 2.21. The number of hydrogen-bond acceptors (Lipinski definition) is 2. The molecule has 1 rings (SSSR count). The van der Waals surface area contributed by atoms with Crippen molar-refractivity contribution in [3.05, 3.63) is 0 Å². The average Bonchev–Trinajstić information content (AvgIpc) is 3.05. The third kappa shape index (κ3) is 6.52. The molecule has 0 spiro atoms. The predicted molar refractivity (Wildman–Crippen MR) is 61.5 cm³/mol. The molecule has 0 saturated carbocycles. The van der Waals surface area contributed by atoms with E-state index < -0.39 is 0 Å². The van der Waals surface area contributed by atoms with E-state index in [1.54, 1.807) is 0 Å². The fourth-order valence-electron chi connectivity index (χ4n) is 1.92. The Bertz CT molecular complexity index is 193. The molecule has 0 N–H and O–H groups in total. The minimum absolute atomic E-state index is 0.292. The summed E-state index contributed by atoms with van der Waals surface area (Å²) in [6.07, 6.45) is 10.1. The summed E-state index contributed by atoms with van der Waals surface area (Å²) >= 11 is 0. The van der Waals surface area contributed by atoms with Gasteiger partial charge in [-0.1, -0.05) is 32.6 Å². The molecule has 0 radical (unpaired) electrons. The molecular formula is C13H23NO. The van der Waals surface area contributed by atoms with Crippen LogP contribution < -0.4 is 0 Å². The van der Waals surface area contributed by atoms with Crippen LogP contribution in [0.4, 0.5) is 0 Å². The van der Waals surface area contributed by atoms with E-state index in [-0.39, 0.29) is 0 Å². The van der Waals surface area contributed by atoms with Gasteiger partial charge in [-0.3, -0.25) is 0 Å². The van der Waals surface area contributed by atoms with Crippen molar-refractivity contribution >= 4 is 0 Å². The van der Waals surface area contributed by atoms with E-state index in [1.807, 2.05) is 0 Å². The summed E-state index contributed by atoms with van der Waals surface area (Å²) in [7, 11) is 0. The molecule has 2 atom stereocenters. The number of hydrogen-bond donors (Lipinski definition) is 0. The van der Waals surface area contributed by atoms with Gasteiger partial charge in [-0.2, -0.15) is 5.26 Å². The third-order valence-electron chi connectivity index (χ3n) is 3.07. The Morgan fingerprint density at radius 3 is 2.60 bits per heavy atom. The van der Waals surface area contributed by atoms with Gasteiger partial charge in [0.1, 0.15) is 0 Å². The standard InChI is InChI=1S/C13H23NO/c1-2-3-4-5-7-12(10-14)8-6-9-13-11-15-13/h12-13H,2-9,11H2,1H3/t12-,13-/m0/s1. The van der Waals surface area contributed by atoms with Crippen LogP contribution in [0, 0.1) is 17.2 Å². The largest absolute Gasteiger partial charge is 0.373 e. The summed E-state index contributed by atoms with van der Waals surface area (Å²) in [5.41, 5.74) is 0. The summed E-state index contributed by atoms with van der Waals surface area (Å²) < 4.78 is 5.15. The molecule has 0 aromatic carbocycles. The zero-order valence-corrected chi connectivity index (χ0v) is 9.87. The Balaban J connectivity index is 1.93. The highest BCUT2D eigenvalue weighted by Crippen LogP contribution is 2.21. The van der Waals surface area contributed by atoms with Gasteiger partial charge in [0.05, 0.1) is 18.8 Å². The van der Waals surface area contributed by atoms with E-state index in [2.05, 4.69) is 13.0 Å². The van der Waals surface area contributed by atoms with Gasteiger partial charge < -0.3 is 4.74 Å². The Morgan fingerprint density at radius 1 is 1.27 bits per heavy atom. The van der Waals surface area contributed by atoms with Gasteiger partial charge in [0.15, 0.2) is 0 Å². The van der Waals surface area contributed by atoms with E-state index in [1.165, 1.54) is 25.7 Å². The first-order chi connectivity index (χ1) is 7.36.